The van der Waals surface area contributed by atoms with Crippen LogP contribution in [0.15, 0.2) is 24.3 Å². The maximum Gasteiger partial charge on any atom is 0.390 e. The summed E-state index contributed by atoms with van der Waals surface area (Å²) >= 11 is 0. The number of halogens is 3. The molecule has 0 atom stereocenters. The van der Waals surface area contributed by atoms with E-state index in [1.165, 1.54) is 19.1 Å². The van der Waals surface area contributed by atoms with Crippen LogP contribution in [-0.2, 0) is 0 Å². The van der Waals surface area contributed by atoms with Crippen LogP contribution in [0.4, 0.5) is 13.2 Å². The van der Waals surface area contributed by atoms with Crippen molar-refractivity contribution in [1.82, 2.24) is 4.90 Å². The van der Waals surface area contributed by atoms with Crippen LogP contribution in [0.5, 0.6) is 5.75 Å². The summed E-state index contributed by atoms with van der Waals surface area (Å²) in [6.07, 6.45) is -5.12. The number of carbonyl (C=O) groups excluding carboxylic acids is 1. The highest BCUT2D eigenvalue weighted by Crippen LogP contribution is 2.19. The molecule has 1 aromatic carbocycles. The van der Waals surface area contributed by atoms with Crippen molar-refractivity contribution in [2.75, 3.05) is 27.2 Å². The van der Waals surface area contributed by atoms with Gasteiger partial charge in [-0.2, -0.15) is 13.2 Å². The normalized spacial score (nSPS) is 11.7. The van der Waals surface area contributed by atoms with Crippen molar-refractivity contribution >= 4 is 5.78 Å². The SMILES string of the molecule is COc1cccc(C(=O)CN(C)CCC(F)(F)F)c1. The molecule has 0 bridgehead atoms. The molecule has 0 saturated heterocycles. The van der Waals surface area contributed by atoms with Crippen molar-refractivity contribution in [1.29, 1.82) is 0 Å². The molecule has 0 aliphatic rings. The van der Waals surface area contributed by atoms with Crippen molar-refractivity contribution < 1.29 is 22.7 Å². The lowest BCUT2D eigenvalue weighted by Gasteiger charge is -2.16. The number of Topliss-reactive ketones (excluding diaryl/α,β-unsaturated/α-hetero) is 1. The molecule has 0 N–H and O–H groups in total. The summed E-state index contributed by atoms with van der Waals surface area (Å²) in [5, 5.41) is 0. The van der Waals surface area contributed by atoms with Crippen LogP contribution in [0, 0.1) is 0 Å². The second kappa shape index (κ2) is 6.56. The van der Waals surface area contributed by atoms with Crippen molar-refractivity contribution in [3.8, 4) is 5.75 Å². The third-order valence-electron chi connectivity index (χ3n) is 2.58. The molecule has 0 radical (unpaired) electrons. The van der Waals surface area contributed by atoms with Gasteiger partial charge in [0.1, 0.15) is 5.75 Å². The number of hydrogen-bond acceptors (Lipinski definition) is 3. The molecule has 0 amide bonds. The van der Waals surface area contributed by atoms with Crippen LogP contribution in [-0.4, -0.2) is 44.1 Å². The van der Waals surface area contributed by atoms with E-state index in [2.05, 4.69) is 0 Å². The van der Waals surface area contributed by atoms with E-state index in [9.17, 15) is 18.0 Å². The lowest BCUT2D eigenvalue weighted by atomic mass is 10.1. The second-order valence-electron chi connectivity index (χ2n) is 4.26. The highest BCUT2D eigenvalue weighted by Gasteiger charge is 2.27. The first-order valence-corrected chi connectivity index (χ1v) is 5.74. The van der Waals surface area contributed by atoms with E-state index in [0.717, 1.165) is 0 Å². The standard InChI is InChI=1S/C13H16F3NO2/c1-17(7-6-13(14,15)16)9-12(18)10-4-3-5-11(8-10)19-2/h3-5,8H,6-7,9H2,1-2H3. The molecule has 0 aliphatic heterocycles. The molecule has 19 heavy (non-hydrogen) atoms. The van der Waals surface area contributed by atoms with E-state index in [-0.39, 0.29) is 18.9 Å². The Kier molecular flexibility index (Phi) is 5.35. The molecule has 0 unspecified atom stereocenters. The topological polar surface area (TPSA) is 29.5 Å². The number of benzene rings is 1. The quantitative estimate of drug-likeness (QED) is 0.748. The molecule has 1 rings (SSSR count). The molecule has 0 fully saturated rings. The molecule has 0 aromatic heterocycles. The van der Waals surface area contributed by atoms with Gasteiger partial charge >= 0.3 is 6.18 Å². The fourth-order valence-corrected chi connectivity index (χ4v) is 1.53. The van der Waals surface area contributed by atoms with Gasteiger partial charge in [-0.15, -0.1) is 0 Å². The monoisotopic (exact) mass is 275 g/mol. The first-order chi connectivity index (χ1) is 8.81. The first-order valence-electron chi connectivity index (χ1n) is 5.74. The molecule has 1 aromatic rings. The number of methoxy groups -OCH3 is 1. The Balaban J connectivity index is 2.54. The van der Waals surface area contributed by atoms with Crippen molar-refractivity contribution in [2.24, 2.45) is 0 Å². The van der Waals surface area contributed by atoms with Gasteiger partial charge in [0.2, 0.25) is 0 Å². The largest absolute Gasteiger partial charge is 0.497 e. The van der Waals surface area contributed by atoms with Crippen molar-refractivity contribution in [2.45, 2.75) is 12.6 Å². The van der Waals surface area contributed by atoms with E-state index < -0.39 is 12.6 Å². The molecule has 0 spiro atoms. The average molecular weight is 275 g/mol. The van der Waals surface area contributed by atoms with Crippen LogP contribution in [0.2, 0.25) is 0 Å². The zero-order chi connectivity index (χ0) is 14.5. The minimum absolute atomic E-state index is 0.0523. The number of carbonyl (C=O) groups is 1. The van der Waals surface area contributed by atoms with E-state index in [0.29, 0.717) is 11.3 Å². The summed E-state index contributed by atoms with van der Waals surface area (Å²) in [5.41, 5.74) is 0.429. The fraction of sp³-hybridized carbons (Fsp3) is 0.462. The summed E-state index contributed by atoms with van der Waals surface area (Å²) in [7, 11) is 2.98. The number of rotatable bonds is 6. The Morgan fingerprint density at radius 1 is 1.37 bits per heavy atom. The molecule has 106 valence electrons. The number of ketones is 1. The van der Waals surface area contributed by atoms with Crippen molar-refractivity contribution in [3.63, 3.8) is 0 Å². The van der Waals surface area contributed by atoms with Gasteiger partial charge in [0.15, 0.2) is 5.78 Å². The van der Waals surface area contributed by atoms with Gasteiger partial charge in [-0.3, -0.25) is 9.69 Å². The maximum atomic E-state index is 12.0. The third kappa shape index (κ3) is 5.74. The summed E-state index contributed by atoms with van der Waals surface area (Å²) in [6.45, 7) is -0.248. The maximum absolute atomic E-state index is 12.0. The van der Waals surface area contributed by atoms with Crippen LogP contribution in [0.1, 0.15) is 16.8 Å². The predicted octanol–water partition coefficient (Wildman–Crippen LogP) is 2.76. The van der Waals surface area contributed by atoms with Gasteiger partial charge in [-0.05, 0) is 19.2 Å². The Morgan fingerprint density at radius 3 is 2.63 bits per heavy atom. The predicted molar refractivity (Wildman–Crippen MR) is 65.5 cm³/mol. The van der Waals surface area contributed by atoms with Crippen LogP contribution < -0.4 is 4.74 Å². The molecular formula is C13H16F3NO2. The van der Waals surface area contributed by atoms with Gasteiger partial charge in [0, 0.05) is 12.1 Å². The van der Waals surface area contributed by atoms with E-state index in [4.69, 9.17) is 4.74 Å². The minimum Gasteiger partial charge on any atom is -0.497 e. The van der Waals surface area contributed by atoms with Gasteiger partial charge in [-0.25, -0.2) is 0 Å². The van der Waals surface area contributed by atoms with Crippen molar-refractivity contribution in [3.05, 3.63) is 29.8 Å². The fourth-order valence-electron chi connectivity index (χ4n) is 1.53. The van der Waals surface area contributed by atoms with E-state index in [1.54, 1.807) is 24.3 Å². The van der Waals surface area contributed by atoms with E-state index in [1.807, 2.05) is 0 Å². The summed E-state index contributed by atoms with van der Waals surface area (Å²) in [5.74, 6) is 0.312. The Bertz CT molecular complexity index is 432. The van der Waals surface area contributed by atoms with Gasteiger partial charge < -0.3 is 4.74 Å². The smallest absolute Gasteiger partial charge is 0.390 e. The van der Waals surface area contributed by atoms with Gasteiger partial charge in [0.25, 0.3) is 0 Å². The molecule has 0 aliphatic carbocycles. The summed E-state index contributed by atoms with van der Waals surface area (Å²) in [4.78, 5) is 13.2. The number of alkyl halides is 3. The summed E-state index contributed by atoms with van der Waals surface area (Å²) < 4.78 is 41.1. The van der Waals surface area contributed by atoms with Gasteiger partial charge in [0.05, 0.1) is 20.1 Å². The highest BCUT2D eigenvalue weighted by atomic mass is 19.4. The molecule has 3 nitrogen and oxygen atoms in total. The highest BCUT2D eigenvalue weighted by molar-refractivity contribution is 5.97. The van der Waals surface area contributed by atoms with E-state index >= 15 is 0 Å². The van der Waals surface area contributed by atoms with Crippen LogP contribution in [0.25, 0.3) is 0 Å². The number of likely N-dealkylation sites (N-methyl/N-ethyl adjacent to an activating group) is 1. The number of hydrogen-bond donors (Lipinski definition) is 0. The average Bonchev–Trinajstić information content (AvgIpc) is 2.35. The van der Waals surface area contributed by atoms with Crippen LogP contribution >= 0.6 is 0 Å². The Labute approximate surface area is 110 Å². The Morgan fingerprint density at radius 2 is 2.05 bits per heavy atom. The van der Waals surface area contributed by atoms with Crippen LogP contribution in [0.3, 0.4) is 0 Å². The number of nitrogens with zero attached hydrogens (tertiary/aromatic N) is 1. The third-order valence-corrected chi connectivity index (χ3v) is 2.58. The molecular weight excluding hydrogens is 259 g/mol. The zero-order valence-corrected chi connectivity index (χ0v) is 10.8. The lowest BCUT2D eigenvalue weighted by molar-refractivity contribution is -0.137. The number of ether oxygens (including phenoxy) is 1. The second-order valence-corrected chi connectivity index (χ2v) is 4.26. The summed E-state index contributed by atoms with van der Waals surface area (Å²) in [6, 6.07) is 6.55. The van der Waals surface area contributed by atoms with Gasteiger partial charge in [-0.1, -0.05) is 12.1 Å². The lowest BCUT2D eigenvalue weighted by Crippen LogP contribution is -2.29. The first kappa shape index (κ1) is 15.5. The molecule has 0 heterocycles. The Hall–Kier alpha value is -1.56. The zero-order valence-electron chi connectivity index (χ0n) is 10.8. The molecule has 0 saturated carbocycles. The minimum atomic E-state index is -4.20. The molecule has 6 heteroatoms.